The highest BCUT2D eigenvalue weighted by Crippen LogP contribution is 2.49. The van der Waals surface area contributed by atoms with Gasteiger partial charge in [-0.05, 0) is 58.6 Å². The molecule has 2 saturated heterocycles. The number of fused-ring (bicyclic) bond motifs is 3. The highest BCUT2D eigenvalue weighted by Gasteiger charge is 2.38. The number of hydrogen-bond acceptors (Lipinski definition) is 8. The molecule has 3 aliphatic heterocycles. The van der Waals surface area contributed by atoms with Crippen molar-refractivity contribution in [3.05, 3.63) is 41.2 Å². The number of aryl methyl sites for hydroxylation is 1. The van der Waals surface area contributed by atoms with Crippen LogP contribution in [0.3, 0.4) is 0 Å². The lowest BCUT2D eigenvalue weighted by Gasteiger charge is -2.41. The molecule has 0 radical (unpaired) electrons. The first-order valence-corrected chi connectivity index (χ1v) is 15.1. The Balaban J connectivity index is 1.33. The summed E-state index contributed by atoms with van der Waals surface area (Å²) in [6.07, 6.45) is 5.63. The SMILES string of the molecule is Cc1ccc2c(ncn2C2CCCCO2)c1-c1c(Cl)c2c3c(ncnc3c1F)N1CCN(C(=O)OC(C)(C)C)C[C@H]1CO2. The van der Waals surface area contributed by atoms with E-state index in [9.17, 15) is 4.79 Å². The second-order valence-corrected chi connectivity index (χ2v) is 12.8. The normalized spacial score (nSPS) is 20.6. The Morgan fingerprint density at radius 3 is 2.72 bits per heavy atom. The number of carbonyl (C=O) groups is 1. The topological polar surface area (TPSA) is 94.8 Å². The zero-order valence-electron chi connectivity index (χ0n) is 24.7. The molecule has 2 aromatic heterocycles. The van der Waals surface area contributed by atoms with E-state index in [2.05, 4.69) is 14.9 Å². The van der Waals surface area contributed by atoms with Crippen LogP contribution in [0.5, 0.6) is 5.75 Å². The van der Waals surface area contributed by atoms with Crippen LogP contribution in [-0.2, 0) is 9.47 Å². The number of anilines is 1. The predicted molar refractivity (Wildman–Crippen MR) is 161 cm³/mol. The average molecular weight is 609 g/mol. The van der Waals surface area contributed by atoms with Crippen molar-refractivity contribution in [2.75, 3.05) is 37.7 Å². The molecule has 2 fully saturated rings. The fourth-order valence-electron chi connectivity index (χ4n) is 6.40. The molecule has 2 atom stereocenters. The molecule has 5 heterocycles. The van der Waals surface area contributed by atoms with Crippen LogP contribution in [0.25, 0.3) is 33.1 Å². The third-order valence-electron chi connectivity index (χ3n) is 8.40. The number of carbonyl (C=O) groups excluding carboxylic acids is 1. The van der Waals surface area contributed by atoms with Gasteiger partial charge in [-0.15, -0.1) is 0 Å². The zero-order valence-corrected chi connectivity index (χ0v) is 25.4. The number of imidazole rings is 1. The van der Waals surface area contributed by atoms with Crippen molar-refractivity contribution >= 4 is 45.4 Å². The molecule has 12 heteroatoms. The van der Waals surface area contributed by atoms with Crippen LogP contribution < -0.4 is 9.64 Å². The molecule has 0 saturated carbocycles. The van der Waals surface area contributed by atoms with Gasteiger partial charge in [0.2, 0.25) is 0 Å². The molecule has 0 aliphatic carbocycles. The van der Waals surface area contributed by atoms with Gasteiger partial charge in [0.1, 0.15) is 36.1 Å². The first-order valence-electron chi connectivity index (χ1n) is 14.7. The number of ether oxygens (including phenoxy) is 3. The van der Waals surface area contributed by atoms with E-state index in [-0.39, 0.29) is 41.1 Å². The highest BCUT2D eigenvalue weighted by atomic mass is 35.5. The van der Waals surface area contributed by atoms with Gasteiger partial charge >= 0.3 is 6.09 Å². The summed E-state index contributed by atoms with van der Waals surface area (Å²) in [5.74, 6) is 0.307. The second-order valence-electron chi connectivity index (χ2n) is 12.4. The molecule has 4 aromatic rings. The van der Waals surface area contributed by atoms with E-state index in [4.69, 9.17) is 30.8 Å². The standard InChI is InChI=1S/C31H34ClFN6O4/c1-17-8-9-19-26(36-16-39(19)20-7-5-6-12-41-20)21(17)22-24(32)28-23-27(25(22)33)34-15-35-29(23)38-11-10-37(13-18(38)14-42-28)30(40)43-31(2,3)4/h8-9,15-16,18,20H,5-7,10-14H2,1-4H3/t18-,20?/m0/s1. The van der Waals surface area contributed by atoms with Crippen LogP contribution in [0.4, 0.5) is 15.0 Å². The van der Waals surface area contributed by atoms with Crippen LogP contribution >= 0.6 is 11.6 Å². The minimum Gasteiger partial charge on any atom is -0.489 e. The van der Waals surface area contributed by atoms with Gasteiger partial charge in [-0.2, -0.15) is 0 Å². The summed E-state index contributed by atoms with van der Waals surface area (Å²) >= 11 is 7.10. The molecule has 7 rings (SSSR count). The van der Waals surface area contributed by atoms with Crippen LogP contribution in [0.1, 0.15) is 51.8 Å². The molecule has 10 nitrogen and oxygen atoms in total. The van der Waals surface area contributed by atoms with Gasteiger partial charge in [0, 0.05) is 37.4 Å². The third kappa shape index (κ3) is 4.73. The Labute approximate surface area is 253 Å². The van der Waals surface area contributed by atoms with E-state index >= 15 is 4.39 Å². The van der Waals surface area contributed by atoms with Crippen molar-refractivity contribution in [2.24, 2.45) is 0 Å². The fourth-order valence-corrected chi connectivity index (χ4v) is 6.73. The van der Waals surface area contributed by atoms with E-state index in [0.29, 0.717) is 54.3 Å². The molecule has 0 bridgehead atoms. The number of hydrogen-bond donors (Lipinski definition) is 0. The average Bonchev–Trinajstić information content (AvgIpc) is 3.34. The van der Waals surface area contributed by atoms with E-state index in [1.165, 1.54) is 6.33 Å². The maximum atomic E-state index is 16.7. The van der Waals surface area contributed by atoms with Gasteiger partial charge in [-0.1, -0.05) is 17.7 Å². The Morgan fingerprint density at radius 2 is 1.95 bits per heavy atom. The van der Waals surface area contributed by atoms with Gasteiger partial charge in [-0.3, -0.25) is 0 Å². The van der Waals surface area contributed by atoms with Crippen LogP contribution in [0.2, 0.25) is 5.02 Å². The molecule has 2 aromatic carbocycles. The molecular formula is C31H34ClFN6O4. The van der Waals surface area contributed by atoms with Crippen molar-refractivity contribution in [1.82, 2.24) is 24.4 Å². The Morgan fingerprint density at radius 1 is 1.12 bits per heavy atom. The molecule has 1 amide bonds. The second kappa shape index (κ2) is 10.5. The molecule has 226 valence electrons. The third-order valence-corrected chi connectivity index (χ3v) is 8.76. The van der Waals surface area contributed by atoms with Crippen molar-refractivity contribution in [1.29, 1.82) is 0 Å². The van der Waals surface area contributed by atoms with E-state index in [1.807, 2.05) is 44.4 Å². The summed E-state index contributed by atoms with van der Waals surface area (Å²) in [6.45, 7) is 9.62. The summed E-state index contributed by atoms with van der Waals surface area (Å²) in [5.41, 5.74) is 2.61. The quantitative estimate of drug-likeness (QED) is 0.263. The lowest BCUT2D eigenvalue weighted by atomic mass is 9.96. The highest BCUT2D eigenvalue weighted by molar-refractivity contribution is 6.37. The number of amides is 1. The molecule has 3 aliphatic rings. The monoisotopic (exact) mass is 608 g/mol. The van der Waals surface area contributed by atoms with Crippen molar-refractivity contribution in [3.63, 3.8) is 0 Å². The number of aromatic nitrogens is 4. The summed E-state index contributed by atoms with van der Waals surface area (Å²) in [6, 6.07) is 3.70. The number of benzene rings is 2. The van der Waals surface area contributed by atoms with Gasteiger partial charge in [0.25, 0.3) is 0 Å². The van der Waals surface area contributed by atoms with Crippen LogP contribution in [0, 0.1) is 12.7 Å². The lowest BCUT2D eigenvalue weighted by molar-refractivity contribution is -0.0295. The first kappa shape index (κ1) is 28.1. The molecule has 1 unspecified atom stereocenters. The van der Waals surface area contributed by atoms with Crippen LogP contribution in [0.15, 0.2) is 24.8 Å². The lowest BCUT2D eigenvalue weighted by Crippen LogP contribution is -2.57. The van der Waals surface area contributed by atoms with Gasteiger partial charge in [0.05, 0.1) is 33.8 Å². The molecule has 0 N–H and O–H groups in total. The molecule has 43 heavy (non-hydrogen) atoms. The number of rotatable bonds is 2. The summed E-state index contributed by atoms with van der Waals surface area (Å²) < 4.78 is 36.7. The summed E-state index contributed by atoms with van der Waals surface area (Å²) in [4.78, 5) is 30.3. The Bertz CT molecular complexity index is 1750. The maximum absolute atomic E-state index is 16.7. The largest absolute Gasteiger partial charge is 0.489 e. The summed E-state index contributed by atoms with van der Waals surface area (Å²) in [7, 11) is 0. The number of nitrogens with zero attached hydrogens (tertiary/aromatic N) is 6. The molecular weight excluding hydrogens is 575 g/mol. The van der Waals surface area contributed by atoms with E-state index in [1.54, 1.807) is 11.2 Å². The Hall–Kier alpha value is -3.70. The van der Waals surface area contributed by atoms with E-state index < -0.39 is 11.4 Å². The van der Waals surface area contributed by atoms with E-state index in [0.717, 1.165) is 30.3 Å². The van der Waals surface area contributed by atoms with Gasteiger partial charge in [-0.25, -0.2) is 24.1 Å². The van der Waals surface area contributed by atoms with Crippen molar-refractivity contribution < 1.29 is 23.4 Å². The van der Waals surface area contributed by atoms with Crippen LogP contribution in [-0.4, -0.2) is 75.0 Å². The van der Waals surface area contributed by atoms with Gasteiger partial charge < -0.3 is 28.6 Å². The number of piperazine rings is 1. The molecule has 0 spiro atoms. The van der Waals surface area contributed by atoms with Gasteiger partial charge in [0.15, 0.2) is 11.6 Å². The predicted octanol–water partition coefficient (Wildman–Crippen LogP) is 6.26. The maximum Gasteiger partial charge on any atom is 0.410 e. The number of halogens is 2. The Kier molecular flexibility index (Phi) is 6.85. The van der Waals surface area contributed by atoms with Crippen molar-refractivity contribution in [2.45, 2.75) is 64.8 Å². The van der Waals surface area contributed by atoms with Crippen molar-refractivity contribution in [3.8, 4) is 16.9 Å². The first-order chi connectivity index (χ1) is 20.6. The zero-order chi connectivity index (χ0) is 30.0. The summed E-state index contributed by atoms with van der Waals surface area (Å²) in [5, 5.41) is 0.567. The fraction of sp³-hybridized carbons (Fsp3) is 0.484. The minimum absolute atomic E-state index is 0.118. The minimum atomic E-state index is -0.606. The smallest absolute Gasteiger partial charge is 0.410 e.